The second-order valence-corrected chi connectivity index (χ2v) is 6.12. The topological polar surface area (TPSA) is 88.9 Å². The molecule has 1 aromatic heterocycles. The van der Waals surface area contributed by atoms with E-state index in [1.807, 2.05) is 7.05 Å². The molecule has 7 nitrogen and oxygen atoms in total. The first-order chi connectivity index (χ1) is 9.53. The van der Waals surface area contributed by atoms with Gasteiger partial charge >= 0.3 is 0 Å². The van der Waals surface area contributed by atoms with Crippen LogP contribution in [0.15, 0.2) is 35.5 Å². The van der Waals surface area contributed by atoms with Crippen LogP contribution in [0.5, 0.6) is 0 Å². The molecule has 0 aliphatic rings. The van der Waals surface area contributed by atoms with Crippen molar-refractivity contribution in [3.05, 3.63) is 42.0 Å². The summed E-state index contributed by atoms with van der Waals surface area (Å²) in [6.07, 6.45) is 1.52. The molecule has 8 heteroatoms. The number of rotatable bonds is 6. The summed E-state index contributed by atoms with van der Waals surface area (Å²) in [7, 11) is 0.0641. The molecule has 1 aromatic carbocycles. The van der Waals surface area contributed by atoms with E-state index in [-0.39, 0.29) is 11.4 Å². The van der Waals surface area contributed by atoms with Crippen LogP contribution in [0.25, 0.3) is 0 Å². The van der Waals surface area contributed by atoms with Gasteiger partial charge in [0.25, 0.3) is 0 Å². The van der Waals surface area contributed by atoms with E-state index >= 15 is 0 Å². The number of nitrogens with zero attached hydrogens (tertiary/aromatic N) is 3. The number of nitrogens with one attached hydrogen (secondary N) is 2. The van der Waals surface area contributed by atoms with Crippen molar-refractivity contribution in [3.63, 3.8) is 0 Å². The first-order valence-corrected chi connectivity index (χ1v) is 7.57. The molecular weight excluding hydrogens is 278 g/mol. The molecular formula is C12H17N5O2S. The summed E-state index contributed by atoms with van der Waals surface area (Å²) >= 11 is 0. The van der Waals surface area contributed by atoms with Crippen LogP contribution in [0.2, 0.25) is 0 Å². The van der Waals surface area contributed by atoms with E-state index in [0.717, 1.165) is 5.56 Å². The van der Waals surface area contributed by atoms with Gasteiger partial charge in [-0.25, -0.2) is 13.1 Å². The van der Waals surface area contributed by atoms with Gasteiger partial charge in [0.05, 0.1) is 11.4 Å². The highest BCUT2D eigenvalue weighted by molar-refractivity contribution is 7.89. The highest BCUT2D eigenvalue weighted by atomic mass is 32.2. The van der Waals surface area contributed by atoms with Crippen molar-refractivity contribution in [1.82, 2.24) is 24.8 Å². The Labute approximate surface area is 118 Å². The van der Waals surface area contributed by atoms with Crippen molar-refractivity contribution in [3.8, 4) is 0 Å². The van der Waals surface area contributed by atoms with Crippen molar-refractivity contribution in [2.45, 2.75) is 18.0 Å². The summed E-state index contributed by atoms with van der Waals surface area (Å²) in [6.45, 7) is 0.809. The van der Waals surface area contributed by atoms with Crippen molar-refractivity contribution < 1.29 is 8.42 Å². The molecule has 0 unspecified atom stereocenters. The summed E-state index contributed by atoms with van der Waals surface area (Å²) in [5.74, 6) is 0.556. The van der Waals surface area contributed by atoms with Crippen LogP contribution in [0.3, 0.4) is 0 Å². The molecule has 0 atom stereocenters. The molecule has 20 heavy (non-hydrogen) atoms. The summed E-state index contributed by atoms with van der Waals surface area (Å²) < 4.78 is 28.4. The number of hydrogen-bond acceptors (Lipinski definition) is 5. The zero-order valence-corrected chi connectivity index (χ0v) is 12.2. The average Bonchev–Trinajstić information content (AvgIpc) is 2.83. The van der Waals surface area contributed by atoms with Crippen molar-refractivity contribution in [2.75, 3.05) is 7.05 Å². The first kappa shape index (κ1) is 14.6. The minimum atomic E-state index is -3.54. The predicted octanol–water partition coefficient (Wildman–Crippen LogP) is 0.0130. The number of aryl methyl sites for hydroxylation is 1. The maximum Gasteiger partial charge on any atom is 0.240 e. The Morgan fingerprint density at radius 2 is 1.90 bits per heavy atom. The van der Waals surface area contributed by atoms with Crippen LogP contribution in [-0.4, -0.2) is 30.2 Å². The first-order valence-electron chi connectivity index (χ1n) is 6.09. The molecule has 0 bridgehead atoms. The van der Waals surface area contributed by atoms with Gasteiger partial charge in [0.2, 0.25) is 10.0 Å². The lowest BCUT2D eigenvalue weighted by molar-refractivity contribution is 0.577. The molecule has 0 saturated carbocycles. The highest BCUT2D eigenvalue weighted by Gasteiger charge is 2.14. The molecule has 0 fully saturated rings. The minimum absolute atomic E-state index is 0.108. The zero-order chi connectivity index (χ0) is 14.6. The molecule has 108 valence electrons. The minimum Gasteiger partial charge on any atom is -0.320 e. The summed E-state index contributed by atoms with van der Waals surface area (Å²) in [5, 5.41) is 10.5. The number of sulfonamides is 1. The van der Waals surface area contributed by atoms with Gasteiger partial charge < -0.3 is 9.88 Å². The quantitative estimate of drug-likeness (QED) is 0.784. The van der Waals surface area contributed by atoms with Crippen molar-refractivity contribution in [1.29, 1.82) is 0 Å². The fourth-order valence-electron chi connectivity index (χ4n) is 1.70. The Bertz CT molecular complexity index is 663. The molecule has 0 aliphatic heterocycles. The fraction of sp³-hybridized carbons (Fsp3) is 0.333. The van der Waals surface area contributed by atoms with Crippen molar-refractivity contribution in [2.24, 2.45) is 7.05 Å². The second-order valence-electron chi connectivity index (χ2n) is 4.36. The number of aromatic nitrogens is 3. The molecule has 1 heterocycles. The van der Waals surface area contributed by atoms with Crippen LogP contribution in [0.1, 0.15) is 11.4 Å². The molecule has 0 spiro atoms. The second kappa shape index (κ2) is 6.12. The zero-order valence-electron chi connectivity index (χ0n) is 11.4. The molecule has 2 rings (SSSR count). The normalized spacial score (nSPS) is 11.7. The average molecular weight is 295 g/mol. The number of hydrogen-bond donors (Lipinski definition) is 2. The van der Waals surface area contributed by atoms with Gasteiger partial charge in [0.1, 0.15) is 12.2 Å². The molecule has 0 radical (unpaired) electrons. The van der Waals surface area contributed by atoms with Gasteiger partial charge in [-0.1, -0.05) is 12.1 Å². The van der Waals surface area contributed by atoms with Crippen LogP contribution in [0.4, 0.5) is 0 Å². The predicted molar refractivity (Wildman–Crippen MR) is 74.2 cm³/mol. The highest BCUT2D eigenvalue weighted by Crippen LogP contribution is 2.11. The Kier molecular flexibility index (Phi) is 4.48. The van der Waals surface area contributed by atoms with Gasteiger partial charge in [-0.3, -0.25) is 0 Å². The smallest absolute Gasteiger partial charge is 0.240 e. The van der Waals surface area contributed by atoms with E-state index in [9.17, 15) is 8.42 Å². The summed E-state index contributed by atoms with van der Waals surface area (Å²) in [5.41, 5.74) is 1.03. The van der Waals surface area contributed by atoms with E-state index in [2.05, 4.69) is 20.2 Å². The SMILES string of the molecule is CNCc1ccc(S(=O)(=O)NCc2nncn2C)cc1. The van der Waals surface area contributed by atoms with E-state index in [1.54, 1.807) is 35.9 Å². The van der Waals surface area contributed by atoms with E-state index < -0.39 is 10.0 Å². The molecule has 0 saturated heterocycles. The lowest BCUT2D eigenvalue weighted by atomic mass is 10.2. The van der Waals surface area contributed by atoms with Gasteiger partial charge in [-0.2, -0.15) is 0 Å². The van der Waals surface area contributed by atoms with E-state index in [4.69, 9.17) is 0 Å². The maximum absolute atomic E-state index is 12.1. The third-order valence-corrected chi connectivity index (χ3v) is 4.26. The van der Waals surface area contributed by atoms with E-state index in [1.165, 1.54) is 6.33 Å². The van der Waals surface area contributed by atoms with Crippen LogP contribution >= 0.6 is 0 Å². The van der Waals surface area contributed by atoms with Gasteiger partial charge in [-0.05, 0) is 24.7 Å². The lowest BCUT2D eigenvalue weighted by Crippen LogP contribution is -2.24. The molecule has 0 amide bonds. The lowest BCUT2D eigenvalue weighted by Gasteiger charge is -2.07. The summed E-state index contributed by atoms with van der Waals surface area (Å²) in [4.78, 5) is 0.236. The van der Waals surface area contributed by atoms with E-state index in [0.29, 0.717) is 12.4 Å². The standard InChI is InChI=1S/C12H17N5O2S/c1-13-7-10-3-5-11(6-4-10)20(18,19)15-8-12-16-14-9-17(12)2/h3-6,9,13,15H,7-8H2,1-2H3. The van der Waals surface area contributed by atoms with Crippen LogP contribution < -0.4 is 10.0 Å². The molecule has 0 aliphatic carbocycles. The number of benzene rings is 1. The molecule has 2 N–H and O–H groups in total. The third-order valence-electron chi connectivity index (χ3n) is 2.84. The van der Waals surface area contributed by atoms with Crippen LogP contribution in [-0.2, 0) is 30.2 Å². The molecule has 2 aromatic rings. The Hall–Kier alpha value is -1.77. The summed E-state index contributed by atoms with van der Waals surface area (Å²) in [6, 6.07) is 6.75. The maximum atomic E-state index is 12.1. The van der Waals surface area contributed by atoms with Crippen molar-refractivity contribution >= 4 is 10.0 Å². The van der Waals surface area contributed by atoms with Crippen LogP contribution in [0, 0.1) is 0 Å². The van der Waals surface area contributed by atoms with Gasteiger partial charge in [0, 0.05) is 13.6 Å². The Morgan fingerprint density at radius 3 is 2.45 bits per heavy atom. The van der Waals surface area contributed by atoms with Gasteiger partial charge in [-0.15, -0.1) is 10.2 Å². The Balaban J connectivity index is 2.08. The fourth-order valence-corrected chi connectivity index (χ4v) is 2.68. The Morgan fingerprint density at radius 1 is 1.20 bits per heavy atom. The van der Waals surface area contributed by atoms with Gasteiger partial charge in [0.15, 0.2) is 0 Å². The third kappa shape index (κ3) is 3.41. The monoisotopic (exact) mass is 295 g/mol. The largest absolute Gasteiger partial charge is 0.320 e.